The average Bonchev–Trinajstić information content (AvgIpc) is 3.02. The molecule has 1 N–H and O–H groups in total. The van der Waals surface area contributed by atoms with Gasteiger partial charge in [0.1, 0.15) is 11.5 Å². The molecular weight excluding hydrogens is 499 g/mol. The van der Waals surface area contributed by atoms with Crippen molar-refractivity contribution in [3.63, 3.8) is 0 Å². The number of benzene rings is 2. The number of esters is 1. The lowest BCUT2D eigenvalue weighted by Gasteiger charge is -2.14. The Morgan fingerprint density at radius 2 is 1.85 bits per heavy atom. The van der Waals surface area contributed by atoms with Gasteiger partial charge in [-0.1, -0.05) is 12.1 Å². The number of nitrogens with one attached hydrogen (secondary N) is 1. The van der Waals surface area contributed by atoms with E-state index in [0.29, 0.717) is 33.7 Å². The SMILES string of the molecule is CCOC(=O)COc1c(Br)cc(/C=C2/NC(=O)N(Cc3ccc(F)cc3)C2=O)cc1OCC. The molecule has 0 aliphatic carbocycles. The lowest BCUT2D eigenvalue weighted by molar-refractivity contribution is -0.145. The molecule has 1 saturated heterocycles. The van der Waals surface area contributed by atoms with Gasteiger partial charge in [-0.3, -0.25) is 9.69 Å². The molecule has 33 heavy (non-hydrogen) atoms. The van der Waals surface area contributed by atoms with Gasteiger partial charge in [0.15, 0.2) is 18.1 Å². The van der Waals surface area contributed by atoms with Gasteiger partial charge in [0, 0.05) is 0 Å². The molecule has 174 valence electrons. The number of imide groups is 1. The summed E-state index contributed by atoms with van der Waals surface area (Å²) in [6, 6.07) is 8.28. The van der Waals surface area contributed by atoms with Crippen LogP contribution in [0.1, 0.15) is 25.0 Å². The predicted octanol–water partition coefficient (Wildman–Crippen LogP) is 4.02. The Labute approximate surface area is 198 Å². The summed E-state index contributed by atoms with van der Waals surface area (Å²) in [5.74, 6) is -0.767. The van der Waals surface area contributed by atoms with Gasteiger partial charge < -0.3 is 19.5 Å². The van der Waals surface area contributed by atoms with Gasteiger partial charge in [-0.05, 0) is 71.2 Å². The van der Waals surface area contributed by atoms with Crippen LogP contribution in [-0.2, 0) is 20.9 Å². The van der Waals surface area contributed by atoms with Crippen LogP contribution in [0.5, 0.6) is 11.5 Å². The number of ether oxygens (including phenoxy) is 3. The number of hydrogen-bond donors (Lipinski definition) is 1. The number of nitrogens with zero attached hydrogens (tertiary/aromatic N) is 1. The highest BCUT2D eigenvalue weighted by Gasteiger charge is 2.33. The van der Waals surface area contributed by atoms with Gasteiger partial charge in [-0.2, -0.15) is 0 Å². The maximum Gasteiger partial charge on any atom is 0.344 e. The number of halogens is 2. The van der Waals surface area contributed by atoms with Gasteiger partial charge in [0.2, 0.25) is 0 Å². The summed E-state index contributed by atoms with van der Waals surface area (Å²) in [5.41, 5.74) is 1.25. The van der Waals surface area contributed by atoms with E-state index >= 15 is 0 Å². The number of hydrogen-bond acceptors (Lipinski definition) is 6. The number of amides is 3. The Bertz CT molecular complexity index is 1090. The van der Waals surface area contributed by atoms with Crippen LogP contribution in [0, 0.1) is 5.82 Å². The molecule has 2 aromatic rings. The molecule has 0 bridgehead atoms. The molecule has 3 amide bonds. The summed E-state index contributed by atoms with van der Waals surface area (Å²) in [4.78, 5) is 37.8. The zero-order chi connectivity index (χ0) is 24.0. The number of carbonyl (C=O) groups excluding carboxylic acids is 3. The number of urea groups is 1. The molecule has 8 nitrogen and oxygen atoms in total. The second-order valence-corrected chi connectivity index (χ2v) is 7.72. The molecule has 0 spiro atoms. The first kappa shape index (κ1) is 24.2. The third-order valence-electron chi connectivity index (χ3n) is 4.50. The maximum absolute atomic E-state index is 13.1. The van der Waals surface area contributed by atoms with Gasteiger partial charge in [-0.25, -0.2) is 14.0 Å². The molecule has 0 radical (unpaired) electrons. The van der Waals surface area contributed by atoms with Crippen LogP contribution in [0.25, 0.3) is 6.08 Å². The molecule has 1 aliphatic rings. The van der Waals surface area contributed by atoms with E-state index in [1.165, 1.54) is 30.3 Å². The van der Waals surface area contributed by atoms with E-state index in [-0.39, 0.29) is 25.5 Å². The lowest BCUT2D eigenvalue weighted by atomic mass is 10.1. The van der Waals surface area contributed by atoms with E-state index in [1.54, 1.807) is 26.0 Å². The van der Waals surface area contributed by atoms with Crippen molar-refractivity contribution >= 4 is 39.9 Å². The average molecular weight is 521 g/mol. The van der Waals surface area contributed by atoms with Crippen LogP contribution in [0.15, 0.2) is 46.6 Å². The van der Waals surface area contributed by atoms with E-state index < -0.39 is 23.7 Å². The summed E-state index contributed by atoms with van der Waals surface area (Å²) < 4.78 is 29.6. The van der Waals surface area contributed by atoms with Crippen molar-refractivity contribution in [3.8, 4) is 11.5 Å². The van der Waals surface area contributed by atoms with Gasteiger partial charge in [0.25, 0.3) is 5.91 Å². The third-order valence-corrected chi connectivity index (χ3v) is 5.09. The largest absolute Gasteiger partial charge is 0.490 e. The Morgan fingerprint density at radius 1 is 1.12 bits per heavy atom. The standard InChI is InChI=1S/C23H22BrFN2O6/c1-3-31-19-11-15(9-17(24)21(19)33-13-20(28)32-4-2)10-18-22(29)27(23(30)26-18)12-14-5-7-16(25)8-6-14/h5-11H,3-4,12-13H2,1-2H3,(H,26,30)/b18-10+. The topological polar surface area (TPSA) is 94.2 Å². The molecule has 2 aromatic carbocycles. The van der Waals surface area contributed by atoms with Crippen molar-refractivity contribution in [3.05, 3.63) is 63.5 Å². The monoisotopic (exact) mass is 520 g/mol. The van der Waals surface area contributed by atoms with E-state index in [4.69, 9.17) is 14.2 Å². The van der Waals surface area contributed by atoms with Crippen LogP contribution >= 0.6 is 15.9 Å². The van der Waals surface area contributed by atoms with Crippen LogP contribution in [0.2, 0.25) is 0 Å². The van der Waals surface area contributed by atoms with Crippen molar-refractivity contribution in [1.82, 2.24) is 10.2 Å². The Morgan fingerprint density at radius 3 is 2.52 bits per heavy atom. The maximum atomic E-state index is 13.1. The molecule has 0 aromatic heterocycles. The zero-order valence-corrected chi connectivity index (χ0v) is 19.6. The Balaban J connectivity index is 1.81. The molecule has 0 saturated carbocycles. The summed E-state index contributed by atoms with van der Waals surface area (Å²) in [5, 5.41) is 2.55. The fourth-order valence-electron chi connectivity index (χ4n) is 3.06. The molecule has 0 unspecified atom stereocenters. The molecule has 3 rings (SSSR count). The minimum Gasteiger partial charge on any atom is -0.490 e. The molecular formula is C23H22BrFN2O6. The van der Waals surface area contributed by atoms with Crippen LogP contribution < -0.4 is 14.8 Å². The fraction of sp³-hybridized carbons (Fsp3) is 0.261. The molecule has 1 fully saturated rings. The second kappa shape index (κ2) is 11.0. The summed E-state index contributed by atoms with van der Waals surface area (Å²) >= 11 is 3.40. The fourth-order valence-corrected chi connectivity index (χ4v) is 3.64. The van der Waals surface area contributed by atoms with Crippen molar-refractivity contribution in [2.24, 2.45) is 0 Å². The first-order valence-corrected chi connectivity index (χ1v) is 10.9. The number of carbonyl (C=O) groups is 3. The quantitative estimate of drug-likeness (QED) is 0.305. The first-order chi connectivity index (χ1) is 15.8. The smallest absolute Gasteiger partial charge is 0.344 e. The molecule has 10 heteroatoms. The minimum absolute atomic E-state index is 0.0107. The Kier molecular flexibility index (Phi) is 8.05. The van der Waals surface area contributed by atoms with Crippen LogP contribution in [0.3, 0.4) is 0 Å². The highest BCUT2D eigenvalue weighted by Crippen LogP contribution is 2.37. The van der Waals surface area contributed by atoms with Gasteiger partial charge >= 0.3 is 12.0 Å². The van der Waals surface area contributed by atoms with Crippen LogP contribution in [0.4, 0.5) is 9.18 Å². The normalized spacial score (nSPS) is 14.4. The zero-order valence-electron chi connectivity index (χ0n) is 18.0. The predicted molar refractivity (Wildman–Crippen MR) is 121 cm³/mol. The van der Waals surface area contributed by atoms with Crippen molar-refractivity contribution in [2.45, 2.75) is 20.4 Å². The Hall–Kier alpha value is -3.40. The van der Waals surface area contributed by atoms with Crippen LogP contribution in [-0.4, -0.2) is 42.6 Å². The van der Waals surface area contributed by atoms with Gasteiger partial charge in [0.05, 0.1) is 24.2 Å². The van der Waals surface area contributed by atoms with Crippen molar-refractivity contribution < 1.29 is 33.0 Å². The molecule has 1 heterocycles. The third kappa shape index (κ3) is 6.10. The minimum atomic E-state index is -0.575. The first-order valence-electron chi connectivity index (χ1n) is 10.2. The summed E-state index contributed by atoms with van der Waals surface area (Å²) in [7, 11) is 0. The van der Waals surface area contributed by atoms with E-state index in [2.05, 4.69) is 21.2 Å². The molecule has 0 atom stereocenters. The summed E-state index contributed by atoms with van der Waals surface area (Å²) in [6.45, 7) is 3.79. The highest BCUT2D eigenvalue weighted by atomic mass is 79.9. The lowest BCUT2D eigenvalue weighted by Crippen LogP contribution is -2.30. The highest BCUT2D eigenvalue weighted by molar-refractivity contribution is 9.10. The van der Waals surface area contributed by atoms with E-state index in [0.717, 1.165) is 4.90 Å². The second-order valence-electron chi connectivity index (χ2n) is 6.86. The van der Waals surface area contributed by atoms with Crippen molar-refractivity contribution in [2.75, 3.05) is 19.8 Å². The van der Waals surface area contributed by atoms with E-state index in [1.807, 2.05) is 0 Å². The number of rotatable bonds is 9. The van der Waals surface area contributed by atoms with Gasteiger partial charge in [-0.15, -0.1) is 0 Å². The van der Waals surface area contributed by atoms with E-state index in [9.17, 15) is 18.8 Å². The molecule has 1 aliphatic heterocycles. The van der Waals surface area contributed by atoms with Crippen molar-refractivity contribution in [1.29, 1.82) is 0 Å². The summed E-state index contributed by atoms with van der Waals surface area (Å²) in [6.07, 6.45) is 1.51.